The van der Waals surface area contributed by atoms with Crippen molar-refractivity contribution in [2.24, 2.45) is 0 Å². The summed E-state index contributed by atoms with van der Waals surface area (Å²) in [5.74, 6) is 1.60. The normalized spacial score (nSPS) is 19.1. The molecule has 1 atom stereocenters. The summed E-state index contributed by atoms with van der Waals surface area (Å²) in [6.45, 7) is 4.07. The first-order valence-corrected chi connectivity index (χ1v) is 8.03. The summed E-state index contributed by atoms with van der Waals surface area (Å²) in [5, 5.41) is 6.40. The lowest BCUT2D eigenvalue weighted by atomic mass is 10.1. The molecule has 1 aromatic carbocycles. The number of thioether (sulfide) groups is 1. The first-order chi connectivity index (χ1) is 9.24. The van der Waals surface area contributed by atoms with Gasteiger partial charge in [0, 0.05) is 18.3 Å². The van der Waals surface area contributed by atoms with Crippen molar-refractivity contribution in [2.45, 2.75) is 31.6 Å². The van der Waals surface area contributed by atoms with E-state index >= 15 is 0 Å². The molecule has 4 heteroatoms. The standard InChI is InChI=1S/C15H22N2OS/c1-12-4-6-13(7-5-12)10-19-11-15(18)17-14-3-2-8-16-9-14/h4-7,14,16H,2-3,8-11H2,1H3,(H,17,18)/t14-/m0/s1. The summed E-state index contributed by atoms with van der Waals surface area (Å²) in [7, 11) is 0. The summed E-state index contributed by atoms with van der Waals surface area (Å²) >= 11 is 1.68. The van der Waals surface area contributed by atoms with Crippen LogP contribution in [0.1, 0.15) is 24.0 Å². The monoisotopic (exact) mass is 278 g/mol. The van der Waals surface area contributed by atoms with E-state index in [2.05, 4.69) is 41.8 Å². The molecule has 1 heterocycles. The van der Waals surface area contributed by atoms with Gasteiger partial charge >= 0.3 is 0 Å². The Labute approximate surface area is 119 Å². The van der Waals surface area contributed by atoms with E-state index in [0.717, 1.165) is 31.7 Å². The van der Waals surface area contributed by atoms with Gasteiger partial charge in [-0.2, -0.15) is 0 Å². The van der Waals surface area contributed by atoms with Crippen LogP contribution < -0.4 is 10.6 Å². The molecule has 0 unspecified atom stereocenters. The van der Waals surface area contributed by atoms with E-state index in [0.29, 0.717) is 11.8 Å². The fourth-order valence-corrected chi connectivity index (χ4v) is 2.99. The minimum absolute atomic E-state index is 0.158. The Morgan fingerprint density at radius 2 is 2.21 bits per heavy atom. The predicted molar refractivity (Wildman–Crippen MR) is 81.4 cm³/mol. The number of hydrogen-bond donors (Lipinski definition) is 2. The summed E-state index contributed by atoms with van der Waals surface area (Å²) in [6, 6.07) is 8.81. The van der Waals surface area contributed by atoms with Crippen molar-refractivity contribution in [3.8, 4) is 0 Å². The molecule has 19 heavy (non-hydrogen) atoms. The fourth-order valence-electron chi connectivity index (χ4n) is 2.19. The molecular weight excluding hydrogens is 256 g/mol. The van der Waals surface area contributed by atoms with Crippen LogP contribution in [0.2, 0.25) is 0 Å². The van der Waals surface area contributed by atoms with Crippen LogP contribution in [-0.4, -0.2) is 30.8 Å². The van der Waals surface area contributed by atoms with E-state index in [1.165, 1.54) is 11.1 Å². The highest BCUT2D eigenvalue weighted by molar-refractivity contribution is 7.99. The molecule has 104 valence electrons. The molecule has 1 aliphatic heterocycles. The second kappa shape index (κ2) is 7.56. The third kappa shape index (κ3) is 5.25. The lowest BCUT2D eigenvalue weighted by Gasteiger charge is -2.23. The minimum atomic E-state index is 0.158. The summed E-state index contributed by atoms with van der Waals surface area (Å²) in [6.07, 6.45) is 2.25. The molecule has 3 nitrogen and oxygen atoms in total. The Hall–Kier alpha value is -1.00. The highest BCUT2D eigenvalue weighted by Crippen LogP contribution is 2.13. The van der Waals surface area contributed by atoms with Gasteiger partial charge < -0.3 is 10.6 Å². The molecule has 0 aliphatic carbocycles. The van der Waals surface area contributed by atoms with E-state index in [1.54, 1.807) is 11.8 Å². The van der Waals surface area contributed by atoms with E-state index in [9.17, 15) is 4.79 Å². The van der Waals surface area contributed by atoms with Crippen LogP contribution in [0, 0.1) is 6.92 Å². The fraction of sp³-hybridized carbons (Fsp3) is 0.533. The van der Waals surface area contributed by atoms with Crippen LogP contribution in [0.25, 0.3) is 0 Å². The number of carbonyl (C=O) groups excluding carboxylic acids is 1. The number of carbonyl (C=O) groups is 1. The number of aryl methyl sites for hydroxylation is 1. The summed E-state index contributed by atoms with van der Waals surface area (Å²) < 4.78 is 0. The molecule has 0 radical (unpaired) electrons. The maximum atomic E-state index is 11.8. The van der Waals surface area contributed by atoms with Gasteiger partial charge in [-0.05, 0) is 31.9 Å². The average Bonchev–Trinajstić information content (AvgIpc) is 2.42. The molecule has 0 bridgehead atoms. The first kappa shape index (κ1) is 14.4. The Balaban J connectivity index is 1.64. The molecule has 2 rings (SSSR count). The molecule has 2 N–H and O–H groups in total. The largest absolute Gasteiger partial charge is 0.351 e. The molecule has 0 spiro atoms. The SMILES string of the molecule is Cc1ccc(CSCC(=O)N[C@H]2CCCNC2)cc1. The van der Waals surface area contributed by atoms with Gasteiger partial charge in [-0.25, -0.2) is 0 Å². The maximum Gasteiger partial charge on any atom is 0.230 e. The number of amides is 1. The van der Waals surface area contributed by atoms with Crippen LogP contribution in [-0.2, 0) is 10.5 Å². The topological polar surface area (TPSA) is 41.1 Å². The molecule has 0 aromatic heterocycles. The van der Waals surface area contributed by atoms with Crippen LogP contribution >= 0.6 is 11.8 Å². The van der Waals surface area contributed by atoms with E-state index in [1.807, 2.05) is 0 Å². The van der Waals surface area contributed by atoms with Crippen molar-refractivity contribution < 1.29 is 4.79 Å². The lowest BCUT2D eigenvalue weighted by Crippen LogP contribution is -2.46. The van der Waals surface area contributed by atoms with Gasteiger partial charge in [0.25, 0.3) is 0 Å². The van der Waals surface area contributed by atoms with Gasteiger partial charge in [-0.15, -0.1) is 11.8 Å². The van der Waals surface area contributed by atoms with Gasteiger partial charge in [-0.3, -0.25) is 4.79 Å². The van der Waals surface area contributed by atoms with Crippen LogP contribution in [0.5, 0.6) is 0 Å². The molecule has 1 fully saturated rings. The second-order valence-corrected chi connectivity index (χ2v) is 6.07. The smallest absolute Gasteiger partial charge is 0.230 e. The zero-order chi connectivity index (χ0) is 13.5. The summed E-state index contributed by atoms with van der Waals surface area (Å²) in [4.78, 5) is 11.8. The third-order valence-corrected chi connectivity index (χ3v) is 4.29. The molecule has 1 aromatic rings. The highest BCUT2D eigenvalue weighted by Gasteiger charge is 2.14. The number of nitrogens with one attached hydrogen (secondary N) is 2. The number of piperidine rings is 1. The second-order valence-electron chi connectivity index (χ2n) is 5.09. The highest BCUT2D eigenvalue weighted by atomic mass is 32.2. The van der Waals surface area contributed by atoms with Crippen molar-refractivity contribution in [2.75, 3.05) is 18.8 Å². The van der Waals surface area contributed by atoms with Crippen molar-refractivity contribution in [3.05, 3.63) is 35.4 Å². The quantitative estimate of drug-likeness (QED) is 0.866. The molecule has 1 aliphatic rings. The van der Waals surface area contributed by atoms with Crippen LogP contribution in [0.3, 0.4) is 0 Å². The van der Waals surface area contributed by atoms with Crippen molar-refractivity contribution in [3.63, 3.8) is 0 Å². The lowest BCUT2D eigenvalue weighted by molar-refractivity contribution is -0.119. The van der Waals surface area contributed by atoms with Crippen molar-refractivity contribution in [1.82, 2.24) is 10.6 Å². The van der Waals surface area contributed by atoms with Gasteiger partial charge in [0.05, 0.1) is 5.75 Å². The van der Waals surface area contributed by atoms with Crippen molar-refractivity contribution in [1.29, 1.82) is 0 Å². The van der Waals surface area contributed by atoms with Gasteiger partial charge in [0.15, 0.2) is 0 Å². The Morgan fingerprint density at radius 3 is 2.89 bits per heavy atom. The zero-order valence-corrected chi connectivity index (χ0v) is 12.3. The summed E-state index contributed by atoms with van der Waals surface area (Å²) in [5.41, 5.74) is 2.55. The zero-order valence-electron chi connectivity index (χ0n) is 11.4. The molecular formula is C15H22N2OS. The van der Waals surface area contributed by atoms with Crippen molar-refractivity contribution >= 4 is 17.7 Å². The van der Waals surface area contributed by atoms with E-state index < -0.39 is 0 Å². The first-order valence-electron chi connectivity index (χ1n) is 6.87. The Kier molecular flexibility index (Phi) is 5.73. The van der Waals surface area contributed by atoms with E-state index in [-0.39, 0.29) is 5.91 Å². The van der Waals surface area contributed by atoms with Crippen LogP contribution in [0.4, 0.5) is 0 Å². The van der Waals surface area contributed by atoms with Gasteiger partial charge in [0.1, 0.15) is 0 Å². The molecule has 0 saturated carbocycles. The predicted octanol–water partition coefficient (Wildman–Crippen LogP) is 2.10. The maximum absolute atomic E-state index is 11.8. The molecule has 1 amide bonds. The van der Waals surface area contributed by atoms with Gasteiger partial charge in [-0.1, -0.05) is 29.8 Å². The van der Waals surface area contributed by atoms with Crippen LogP contribution in [0.15, 0.2) is 24.3 Å². The van der Waals surface area contributed by atoms with E-state index in [4.69, 9.17) is 0 Å². The Morgan fingerprint density at radius 1 is 1.42 bits per heavy atom. The number of benzene rings is 1. The minimum Gasteiger partial charge on any atom is -0.351 e. The average molecular weight is 278 g/mol. The number of hydrogen-bond acceptors (Lipinski definition) is 3. The third-order valence-electron chi connectivity index (χ3n) is 3.28. The van der Waals surface area contributed by atoms with Gasteiger partial charge in [0.2, 0.25) is 5.91 Å². The Bertz CT molecular complexity index is 399. The number of rotatable bonds is 5. The molecule has 1 saturated heterocycles.